The molecule has 2 rings (SSSR count). The summed E-state index contributed by atoms with van der Waals surface area (Å²) in [6, 6.07) is 5.07. The highest BCUT2D eigenvalue weighted by molar-refractivity contribution is 6.42. The average molecular weight is 360 g/mol. The maximum atomic E-state index is 11.9. The van der Waals surface area contributed by atoms with Crippen LogP contribution in [0, 0.1) is 5.92 Å². The van der Waals surface area contributed by atoms with E-state index in [-0.39, 0.29) is 19.1 Å². The molecule has 1 aliphatic carbocycles. The fourth-order valence-corrected chi connectivity index (χ4v) is 3.14. The van der Waals surface area contributed by atoms with Crippen LogP contribution in [0.3, 0.4) is 0 Å². The van der Waals surface area contributed by atoms with Crippen molar-refractivity contribution in [3.63, 3.8) is 0 Å². The van der Waals surface area contributed by atoms with Crippen LogP contribution in [0.5, 0.6) is 5.75 Å². The first kappa shape index (κ1) is 18.4. The minimum Gasteiger partial charge on any atom is -0.489 e. The Morgan fingerprint density at radius 3 is 2.78 bits per heavy atom. The molecule has 23 heavy (non-hydrogen) atoms. The number of aliphatic hydroxyl groups is 1. The molecule has 1 aliphatic rings. The third-order valence-corrected chi connectivity index (χ3v) is 4.88. The van der Waals surface area contributed by atoms with E-state index >= 15 is 0 Å². The molecule has 128 valence electrons. The first-order valence-electron chi connectivity index (χ1n) is 8.08. The van der Waals surface area contributed by atoms with Crippen LogP contribution in [0.1, 0.15) is 38.5 Å². The second-order valence-corrected chi connectivity index (χ2v) is 6.81. The Morgan fingerprint density at radius 1 is 1.30 bits per heavy atom. The zero-order valence-electron chi connectivity index (χ0n) is 13.1. The third kappa shape index (κ3) is 6.21. The molecule has 1 aromatic rings. The second kappa shape index (κ2) is 9.36. The number of carbonyl (C=O) groups is 1. The molecular weight excluding hydrogens is 337 g/mol. The Hall–Kier alpha value is -0.970. The van der Waals surface area contributed by atoms with Crippen LogP contribution in [0.4, 0.5) is 0 Å². The summed E-state index contributed by atoms with van der Waals surface area (Å²) in [6.07, 6.45) is 5.73. The van der Waals surface area contributed by atoms with Gasteiger partial charge < -0.3 is 15.2 Å². The van der Waals surface area contributed by atoms with E-state index in [4.69, 9.17) is 27.9 Å². The van der Waals surface area contributed by atoms with Crippen LogP contribution in [0.2, 0.25) is 10.0 Å². The Labute approximate surface area is 147 Å². The molecule has 4 nitrogen and oxygen atoms in total. The molecule has 6 heteroatoms. The van der Waals surface area contributed by atoms with Crippen molar-refractivity contribution >= 4 is 29.1 Å². The van der Waals surface area contributed by atoms with Crippen molar-refractivity contribution in [3.05, 3.63) is 28.2 Å². The van der Waals surface area contributed by atoms with Gasteiger partial charge in [-0.15, -0.1) is 0 Å². The molecule has 1 saturated carbocycles. The van der Waals surface area contributed by atoms with E-state index < -0.39 is 6.10 Å². The average Bonchev–Trinajstić information content (AvgIpc) is 2.55. The number of rotatable bonds is 7. The molecule has 2 N–H and O–H groups in total. The van der Waals surface area contributed by atoms with E-state index in [0.717, 1.165) is 12.8 Å². The molecule has 0 radical (unpaired) electrons. The van der Waals surface area contributed by atoms with Crippen LogP contribution in [0.25, 0.3) is 0 Å². The normalized spacial score (nSPS) is 16.8. The van der Waals surface area contributed by atoms with Gasteiger partial charge in [0, 0.05) is 13.0 Å². The topological polar surface area (TPSA) is 58.6 Å². The first-order valence-corrected chi connectivity index (χ1v) is 8.83. The standard InChI is InChI=1S/C17H23Cl2NO3/c18-14-7-4-8-15(17(14)19)23-11-13(21)10-20-16(22)9-12-5-2-1-3-6-12/h4,7-8,12-13,21H,1-3,5-6,9-11H2,(H,20,22). The zero-order chi connectivity index (χ0) is 16.7. The first-order chi connectivity index (χ1) is 11.1. The fourth-order valence-electron chi connectivity index (χ4n) is 2.80. The SMILES string of the molecule is O=C(CC1CCCCC1)NCC(O)COc1cccc(Cl)c1Cl. The summed E-state index contributed by atoms with van der Waals surface area (Å²) < 4.78 is 5.44. The van der Waals surface area contributed by atoms with Gasteiger partial charge in [-0.3, -0.25) is 4.79 Å². The molecule has 0 heterocycles. The molecule has 1 unspecified atom stereocenters. The number of amides is 1. The number of ether oxygens (including phenoxy) is 1. The highest BCUT2D eigenvalue weighted by Crippen LogP contribution is 2.31. The van der Waals surface area contributed by atoms with Crippen LogP contribution in [0.15, 0.2) is 18.2 Å². The zero-order valence-corrected chi connectivity index (χ0v) is 14.6. The van der Waals surface area contributed by atoms with Crippen LogP contribution in [-0.4, -0.2) is 30.3 Å². The lowest BCUT2D eigenvalue weighted by Crippen LogP contribution is -2.36. The van der Waals surface area contributed by atoms with E-state index in [1.807, 2.05) is 0 Å². The quantitative estimate of drug-likeness (QED) is 0.777. The van der Waals surface area contributed by atoms with Gasteiger partial charge >= 0.3 is 0 Å². The number of halogens is 2. The van der Waals surface area contributed by atoms with Crippen molar-refractivity contribution in [3.8, 4) is 5.75 Å². The summed E-state index contributed by atoms with van der Waals surface area (Å²) in [7, 11) is 0. The maximum Gasteiger partial charge on any atom is 0.220 e. The molecule has 1 aromatic carbocycles. The molecule has 0 aliphatic heterocycles. The monoisotopic (exact) mass is 359 g/mol. The summed E-state index contributed by atoms with van der Waals surface area (Å²) in [4.78, 5) is 11.9. The predicted octanol–water partition coefficient (Wildman–Crippen LogP) is 3.82. The van der Waals surface area contributed by atoms with Crippen LogP contribution < -0.4 is 10.1 Å². The number of nitrogens with one attached hydrogen (secondary N) is 1. The molecule has 0 spiro atoms. The number of benzene rings is 1. The fraction of sp³-hybridized carbons (Fsp3) is 0.588. The van der Waals surface area contributed by atoms with Gasteiger partial charge in [-0.1, -0.05) is 48.5 Å². The minimum atomic E-state index is -0.791. The minimum absolute atomic E-state index is 0.00302. The van der Waals surface area contributed by atoms with Gasteiger partial charge in [0.05, 0.1) is 5.02 Å². The smallest absolute Gasteiger partial charge is 0.220 e. The largest absolute Gasteiger partial charge is 0.489 e. The van der Waals surface area contributed by atoms with E-state index in [1.165, 1.54) is 19.3 Å². The summed E-state index contributed by atoms with van der Waals surface area (Å²) >= 11 is 11.9. The molecule has 0 bridgehead atoms. The van der Waals surface area contributed by atoms with Gasteiger partial charge in [0.15, 0.2) is 0 Å². The summed E-state index contributed by atoms with van der Waals surface area (Å²) in [5.74, 6) is 0.908. The summed E-state index contributed by atoms with van der Waals surface area (Å²) in [5.41, 5.74) is 0. The molecule has 1 atom stereocenters. The van der Waals surface area contributed by atoms with Gasteiger partial charge in [-0.05, 0) is 30.9 Å². The van der Waals surface area contributed by atoms with Crippen molar-refractivity contribution in [2.24, 2.45) is 5.92 Å². The summed E-state index contributed by atoms with van der Waals surface area (Å²) in [5, 5.41) is 13.4. The number of aliphatic hydroxyl groups excluding tert-OH is 1. The lowest BCUT2D eigenvalue weighted by atomic mass is 9.87. The number of hydrogen-bond acceptors (Lipinski definition) is 3. The van der Waals surface area contributed by atoms with Crippen LogP contribution in [-0.2, 0) is 4.79 Å². The van der Waals surface area contributed by atoms with Gasteiger partial charge in [-0.25, -0.2) is 0 Å². The second-order valence-electron chi connectivity index (χ2n) is 6.03. The van der Waals surface area contributed by atoms with E-state index in [9.17, 15) is 9.90 Å². The molecule has 0 aromatic heterocycles. The number of hydrogen-bond donors (Lipinski definition) is 2. The van der Waals surface area contributed by atoms with E-state index in [2.05, 4.69) is 5.32 Å². The van der Waals surface area contributed by atoms with E-state index in [0.29, 0.717) is 28.1 Å². The molecule has 1 amide bonds. The lowest BCUT2D eigenvalue weighted by Gasteiger charge is -2.21. The highest BCUT2D eigenvalue weighted by atomic mass is 35.5. The Morgan fingerprint density at radius 2 is 2.04 bits per heavy atom. The predicted molar refractivity (Wildman–Crippen MR) is 92.2 cm³/mol. The summed E-state index contributed by atoms with van der Waals surface area (Å²) in [6.45, 7) is 0.216. The third-order valence-electron chi connectivity index (χ3n) is 4.08. The lowest BCUT2D eigenvalue weighted by molar-refractivity contribution is -0.122. The van der Waals surface area contributed by atoms with Crippen LogP contribution >= 0.6 is 23.2 Å². The van der Waals surface area contributed by atoms with Gasteiger partial charge in [0.2, 0.25) is 5.91 Å². The van der Waals surface area contributed by atoms with Crippen molar-refractivity contribution in [1.82, 2.24) is 5.32 Å². The van der Waals surface area contributed by atoms with Gasteiger partial charge in [0.25, 0.3) is 0 Å². The Kier molecular flexibility index (Phi) is 7.47. The van der Waals surface area contributed by atoms with E-state index in [1.54, 1.807) is 18.2 Å². The number of carbonyl (C=O) groups excluding carboxylic acids is 1. The molecular formula is C17H23Cl2NO3. The highest BCUT2D eigenvalue weighted by Gasteiger charge is 2.17. The van der Waals surface area contributed by atoms with Crippen molar-refractivity contribution < 1.29 is 14.6 Å². The van der Waals surface area contributed by atoms with Gasteiger partial charge in [0.1, 0.15) is 23.5 Å². The maximum absolute atomic E-state index is 11.9. The van der Waals surface area contributed by atoms with Crippen molar-refractivity contribution in [2.45, 2.75) is 44.6 Å². The molecule has 1 fully saturated rings. The Bertz CT molecular complexity index is 519. The molecule has 0 saturated heterocycles. The van der Waals surface area contributed by atoms with Gasteiger partial charge in [-0.2, -0.15) is 0 Å². The Balaban J connectivity index is 1.67. The van der Waals surface area contributed by atoms with Crippen molar-refractivity contribution in [1.29, 1.82) is 0 Å². The van der Waals surface area contributed by atoms with Crippen molar-refractivity contribution in [2.75, 3.05) is 13.2 Å².